The van der Waals surface area contributed by atoms with Crippen molar-refractivity contribution in [3.63, 3.8) is 0 Å². The summed E-state index contributed by atoms with van der Waals surface area (Å²) in [6.07, 6.45) is 12.2. The van der Waals surface area contributed by atoms with E-state index in [-0.39, 0.29) is 11.5 Å². The molecule has 0 aromatic heterocycles. The first kappa shape index (κ1) is 25.6. The number of hydrogen-bond donors (Lipinski definition) is 1. The molecule has 0 aliphatic rings. The van der Waals surface area contributed by atoms with Gasteiger partial charge in [0.1, 0.15) is 0 Å². The van der Waals surface area contributed by atoms with Crippen molar-refractivity contribution < 1.29 is 14.7 Å². The third kappa shape index (κ3) is 8.86. The Labute approximate surface area is 193 Å². The average molecular weight is 438 g/mol. The van der Waals surface area contributed by atoms with Crippen molar-refractivity contribution in [2.75, 3.05) is 4.90 Å². The highest BCUT2D eigenvalue weighted by Crippen LogP contribution is 2.22. The van der Waals surface area contributed by atoms with Crippen molar-refractivity contribution >= 4 is 17.6 Å². The highest BCUT2D eigenvalue weighted by Gasteiger charge is 2.17. The number of hydrogen-bond acceptors (Lipinski definition) is 2. The van der Waals surface area contributed by atoms with E-state index in [1.807, 2.05) is 6.07 Å². The molecule has 174 valence electrons. The molecule has 2 aromatic rings. The number of carbonyl (C=O) groups excluding carboxylic acids is 1. The summed E-state index contributed by atoms with van der Waals surface area (Å²) in [5.41, 5.74) is 3.23. The summed E-state index contributed by atoms with van der Waals surface area (Å²) in [5.74, 6) is -0.943. The molecule has 2 aromatic carbocycles. The molecular weight excluding hydrogens is 398 g/mol. The molecule has 1 amide bonds. The Balaban J connectivity index is 2.04. The molecule has 0 aliphatic carbocycles. The number of benzene rings is 2. The lowest BCUT2D eigenvalue weighted by Gasteiger charge is -2.24. The Bertz CT molecular complexity index is 829. The van der Waals surface area contributed by atoms with Gasteiger partial charge in [0.05, 0.1) is 12.1 Å². The van der Waals surface area contributed by atoms with Crippen LogP contribution in [-0.4, -0.2) is 17.0 Å². The molecule has 0 bridgehead atoms. The van der Waals surface area contributed by atoms with Crippen LogP contribution in [0.5, 0.6) is 0 Å². The molecule has 0 fully saturated rings. The van der Waals surface area contributed by atoms with Gasteiger partial charge in [0.15, 0.2) is 0 Å². The number of carboxylic acid groups (broad SMARTS) is 1. The minimum absolute atomic E-state index is 0.0390. The second kappa shape index (κ2) is 14.4. The number of carbonyl (C=O) groups is 2. The van der Waals surface area contributed by atoms with E-state index in [0.717, 1.165) is 31.2 Å². The molecule has 4 heteroatoms. The summed E-state index contributed by atoms with van der Waals surface area (Å²) in [6.45, 7) is 4.81. The van der Waals surface area contributed by atoms with Gasteiger partial charge in [0.25, 0.3) is 0 Å². The molecule has 1 N–H and O–H groups in total. The molecule has 0 atom stereocenters. The Hall–Kier alpha value is -2.62. The summed E-state index contributed by atoms with van der Waals surface area (Å²) in [6, 6.07) is 15.2. The Morgan fingerprint density at radius 3 is 2.09 bits per heavy atom. The van der Waals surface area contributed by atoms with Crippen LogP contribution in [0.4, 0.5) is 5.69 Å². The van der Waals surface area contributed by atoms with Crippen molar-refractivity contribution in [3.8, 4) is 0 Å². The van der Waals surface area contributed by atoms with Gasteiger partial charge in [-0.2, -0.15) is 0 Å². The van der Waals surface area contributed by atoms with Gasteiger partial charge in [-0.1, -0.05) is 89.1 Å². The first-order valence-corrected chi connectivity index (χ1v) is 12.3. The maximum absolute atomic E-state index is 13.0. The summed E-state index contributed by atoms with van der Waals surface area (Å²) in [5, 5.41) is 9.35. The highest BCUT2D eigenvalue weighted by molar-refractivity contribution is 5.95. The predicted molar refractivity (Wildman–Crippen MR) is 132 cm³/mol. The van der Waals surface area contributed by atoms with Crippen LogP contribution in [0.25, 0.3) is 0 Å². The van der Waals surface area contributed by atoms with Gasteiger partial charge in [0, 0.05) is 12.1 Å². The predicted octanol–water partition coefficient (Wildman–Crippen LogP) is 7.40. The standard InChI is InChI=1S/C28H39NO3/c1-3-5-7-8-9-11-13-23-17-19-24(20-18-23)22-29(27(30)16-10-6-4-2)26-15-12-14-25(21-26)28(31)32/h12,14-15,17-21H,3-11,13,16,22H2,1-2H3,(H,31,32). The molecule has 0 radical (unpaired) electrons. The van der Waals surface area contributed by atoms with E-state index >= 15 is 0 Å². The SMILES string of the molecule is CCCCCCCCc1ccc(CN(C(=O)CCCCC)c2cccc(C(=O)O)c2)cc1. The topological polar surface area (TPSA) is 57.6 Å². The molecule has 0 aliphatic heterocycles. The minimum atomic E-state index is -0.982. The molecule has 2 rings (SSSR count). The summed E-state index contributed by atoms with van der Waals surface area (Å²) >= 11 is 0. The summed E-state index contributed by atoms with van der Waals surface area (Å²) in [7, 11) is 0. The maximum atomic E-state index is 13.0. The van der Waals surface area contributed by atoms with E-state index in [0.29, 0.717) is 18.7 Å². The lowest BCUT2D eigenvalue weighted by atomic mass is 10.0. The first-order valence-electron chi connectivity index (χ1n) is 12.3. The monoisotopic (exact) mass is 437 g/mol. The van der Waals surface area contributed by atoms with Crippen molar-refractivity contribution in [2.45, 2.75) is 91.0 Å². The van der Waals surface area contributed by atoms with E-state index < -0.39 is 5.97 Å². The van der Waals surface area contributed by atoms with E-state index in [1.165, 1.54) is 44.1 Å². The quantitative estimate of drug-likeness (QED) is 0.295. The normalized spacial score (nSPS) is 10.8. The zero-order valence-corrected chi connectivity index (χ0v) is 19.8. The van der Waals surface area contributed by atoms with Gasteiger partial charge in [-0.25, -0.2) is 4.79 Å². The fraction of sp³-hybridized carbons (Fsp3) is 0.500. The van der Waals surface area contributed by atoms with Gasteiger partial charge in [-0.05, 0) is 48.6 Å². The molecule has 32 heavy (non-hydrogen) atoms. The van der Waals surface area contributed by atoms with Crippen LogP contribution in [-0.2, 0) is 17.8 Å². The van der Waals surface area contributed by atoms with Gasteiger partial charge < -0.3 is 10.0 Å². The van der Waals surface area contributed by atoms with Crippen LogP contribution in [0, 0.1) is 0 Å². The van der Waals surface area contributed by atoms with Crippen LogP contribution in [0.1, 0.15) is 99.5 Å². The van der Waals surface area contributed by atoms with Crippen molar-refractivity contribution in [1.82, 2.24) is 0 Å². The third-order valence-corrected chi connectivity index (χ3v) is 5.88. The third-order valence-electron chi connectivity index (χ3n) is 5.88. The number of carboxylic acids is 1. The number of anilines is 1. The highest BCUT2D eigenvalue weighted by atomic mass is 16.4. The molecular formula is C28H39NO3. The fourth-order valence-electron chi connectivity index (χ4n) is 3.89. The van der Waals surface area contributed by atoms with Gasteiger partial charge >= 0.3 is 5.97 Å². The Morgan fingerprint density at radius 1 is 0.781 bits per heavy atom. The Morgan fingerprint density at radius 2 is 1.41 bits per heavy atom. The van der Waals surface area contributed by atoms with Gasteiger partial charge in [-0.3, -0.25) is 4.79 Å². The Kier molecular flexibility index (Phi) is 11.6. The summed E-state index contributed by atoms with van der Waals surface area (Å²) < 4.78 is 0. The van der Waals surface area contributed by atoms with Crippen LogP contribution in [0.3, 0.4) is 0 Å². The molecule has 0 saturated heterocycles. The van der Waals surface area contributed by atoms with Gasteiger partial charge in [0.2, 0.25) is 5.91 Å². The summed E-state index contributed by atoms with van der Waals surface area (Å²) in [4.78, 5) is 26.1. The first-order chi connectivity index (χ1) is 15.5. The molecule has 0 saturated carbocycles. The second-order valence-corrected chi connectivity index (χ2v) is 8.63. The molecule has 4 nitrogen and oxygen atoms in total. The second-order valence-electron chi connectivity index (χ2n) is 8.63. The van der Waals surface area contributed by atoms with Crippen LogP contribution in [0.2, 0.25) is 0 Å². The number of rotatable bonds is 15. The molecule has 0 heterocycles. The number of aromatic carboxylic acids is 1. The van der Waals surface area contributed by atoms with Gasteiger partial charge in [-0.15, -0.1) is 0 Å². The lowest BCUT2D eigenvalue weighted by molar-refractivity contribution is -0.118. The molecule has 0 spiro atoms. The van der Waals surface area contributed by atoms with Crippen LogP contribution < -0.4 is 4.90 Å². The zero-order chi connectivity index (χ0) is 23.2. The van der Waals surface area contributed by atoms with Crippen LogP contribution >= 0.6 is 0 Å². The van der Waals surface area contributed by atoms with E-state index in [4.69, 9.17) is 0 Å². The van der Waals surface area contributed by atoms with Crippen LogP contribution in [0.15, 0.2) is 48.5 Å². The van der Waals surface area contributed by atoms with Crippen molar-refractivity contribution in [1.29, 1.82) is 0 Å². The largest absolute Gasteiger partial charge is 0.478 e. The fourth-order valence-corrected chi connectivity index (χ4v) is 3.89. The number of amides is 1. The minimum Gasteiger partial charge on any atom is -0.478 e. The van der Waals surface area contributed by atoms with Crippen molar-refractivity contribution in [3.05, 3.63) is 65.2 Å². The lowest BCUT2D eigenvalue weighted by Crippen LogP contribution is -2.30. The number of nitrogens with zero attached hydrogens (tertiary/aromatic N) is 1. The van der Waals surface area contributed by atoms with E-state index in [9.17, 15) is 14.7 Å². The molecule has 0 unspecified atom stereocenters. The number of unbranched alkanes of at least 4 members (excludes halogenated alkanes) is 7. The van der Waals surface area contributed by atoms with E-state index in [1.54, 1.807) is 23.1 Å². The smallest absolute Gasteiger partial charge is 0.335 e. The average Bonchev–Trinajstić information content (AvgIpc) is 2.80. The number of aryl methyl sites for hydroxylation is 1. The van der Waals surface area contributed by atoms with Crippen molar-refractivity contribution in [2.24, 2.45) is 0 Å². The maximum Gasteiger partial charge on any atom is 0.335 e. The zero-order valence-electron chi connectivity index (χ0n) is 19.8. The van der Waals surface area contributed by atoms with E-state index in [2.05, 4.69) is 38.1 Å².